The van der Waals surface area contributed by atoms with Crippen LogP contribution in [0.15, 0.2) is 24.3 Å². The zero-order chi connectivity index (χ0) is 18.0. The molecule has 1 aliphatic rings. The second-order valence-corrected chi connectivity index (χ2v) is 6.91. The summed E-state index contributed by atoms with van der Waals surface area (Å²) in [6.45, 7) is 8.04. The summed E-state index contributed by atoms with van der Waals surface area (Å²) in [7, 11) is 1.99. The fraction of sp³-hybridized carbons (Fsp3) is 0.500. The van der Waals surface area contributed by atoms with Crippen molar-refractivity contribution in [3.8, 4) is 6.07 Å². The Labute approximate surface area is 149 Å². The standard InChI is InChI=1S/C20H26N4O/c1-13(17-7-5-16(11-21)6-8-17)22-12-18-9-10-25-20(18)19-14(2)23-24(4)15(19)3/h5-8,13,18,20,22H,9-10,12H2,1-4H3/t13-,18-,20+/m0/s1. The van der Waals surface area contributed by atoms with Gasteiger partial charge in [-0.05, 0) is 44.9 Å². The van der Waals surface area contributed by atoms with E-state index in [0.717, 1.165) is 25.3 Å². The molecule has 5 heteroatoms. The monoisotopic (exact) mass is 338 g/mol. The third-order valence-electron chi connectivity index (χ3n) is 5.29. The van der Waals surface area contributed by atoms with Crippen molar-refractivity contribution in [1.29, 1.82) is 5.26 Å². The Kier molecular flexibility index (Phi) is 5.22. The molecule has 1 N–H and O–H groups in total. The Morgan fingerprint density at radius 1 is 1.36 bits per heavy atom. The van der Waals surface area contributed by atoms with E-state index in [1.165, 1.54) is 16.8 Å². The van der Waals surface area contributed by atoms with E-state index in [1.807, 2.05) is 36.0 Å². The van der Waals surface area contributed by atoms with Gasteiger partial charge in [-0.1, -0.05) is 12.1 Å². The largest absolute Gasteiger partial charge is 0.373 e. The van der Waals surface area contributed by atoms with Crippen LogP contribution in [0.5, 0.6) is 0 Å². The molecule has 1 fully saturated rings. The lowest BCUT2D eigenvalue weighted by atomic mass is 9.93. The van der Waals surface area contributed by atoms with Crippen LogP contribution in [0.4, 0.5) is 0 Å². The van der Waals surface area contributed by atoms with Crippen molar-refractivity contribution in [2.24, 2.45) is 13.0 Å². The van der Waals surface area contributed by atoms with E-state index in [0.29, 0.717) is 11.5 Å². The summed E-state index contributed by atoms with van der Waals surface area (Å²) < 4.78 is 8.01. The number of ether oxygens (including phenoxy) is 1. The Bertz CT molecular complexity index is 772. The average molecular weight is 338 g/mol. The summed E-state index contributed by atoms with van der Waals surface area (Å²) in [6.07, 6.45) is 1.18. The number of rotatable bonds is 5. The molecule has 1 aromatic carbocycles. The highest BCUT2D eigenvalue weighted by molar-refractivity contribution is 5.33. The lowest BCUT2D eigenvalue weighted by Crippen LogP contribution is -2.27. The number of nitrogens with zero attached hydrogens (tertiary/aromatic N) is 3. The molecule has 5 nitrogen and oxygen atoms in total. The van der Waals surface area contributed by atoms with Gasteiger partial charge in [0, 0.05) is 43.4 Å². The fourth-order valence-electron chi connectivity index (χ4n) is 3.66. The van der Waals surface area contributed by atoms with Crippen molar-refractivity contribution >= 4 is 0 Å². The van der Waals surface area contributed by atoms with Crippen molar-refractivity contribution in [3.63, 3.8) is 0 Å². The summed E-state index contributed by atoms with van der Waals surface area (Å²) in [5, 5.41) is 17.1. The first-order valence-electron chi connectivity index (χ1n) is 8.86. The zero-order valence-corrected chi connectivity index (χ0v) is 15.4. The highest BCUT2D eigenvalue weighted by atomic mass is 16.5. The normalized spacial score (nSPS) is 21.2. The molecule has 132 valence electrons. The van der Waals surface area contributed by atoms with Gasteiger partial charge in [0.1, 0.15) is 0 Å². The Morgan fingerprint density at radius 2 is 2.08 bits per heavy atom. The van der Waals surface area contributed by atoms with E-state index >= 15 is 0 Å². The van der Waals surface area contributed by atoms with Crippen LogP contribution < -0.4 is 5.32 Å². The van der Waals surface area contributed by atoms with E-state index in [9.17, 15) is 0 Å². The van der Waals surface area contributed by atoms with E-state index in [-0.39, 0.29) is 12.1 Å². The Hall–Kier alpha value is -2.16. The summed E-state index contributed by atoms with van der Waals surface area (Å²) in [5.74, 6) is 0.447. The maximum atomic E-state index is 8.91. The number of hydrogen-bond donors (Lipinski definition) is 1. The predicted molar refractivity (Wildman–Crippen MR) is 97.1 cm³/mol. The van der Waals surface area contributed by atoms with Gasteiger partial charge in [-0.25, -0.2) is 0 Å². The number of hydrogen-bond acceptors (Lipinski definition) is 4. The molecule has 0 bridgehead atoms. The van der Waals surface area contributed by atoms with Crippen LogP contribution in [0, 0.1) is 31.1 Å². The highest BCUT2D eigenvalue weighted by Crippen LogP contribution is 2.37. The molecule has 1 aromatic heterocycles. The van der Waals surface area contributed by atoms with Crippen LogP contribution in [0.1, 0.15) is 53.6 Å². The maximum Gasteiger partial charge on any atom is 0.0991 e. The van der Waals surface area contributed by atoms with E-state index in [4.69, 9.17) is 10.00 Å². The molecule has 2 aromatic rings. The van der Waals surface area contributed by atoms with Crippen molar-refractivity contribution in [2.75, 3.05) is 13.2 Å². The second-order valence-electron chi connectivity index (χ2n) is 6.91. The van der Waals surface area contributed by atoms with Crippen LogP contribution in [0.2, 0.25) is 0 Å². The van der Waals surface area contributed by atoms with Crippen molar-refractivity contribution in [1.82, 2.24) is 15.1 Å². The number of nitrogens with one attached hydrogen (secondary N) is 1. The van der Waals surface area contributed by atoms with Crippen molar-refractivity contribution in [2.45, 2.75) is 39.3 Å². The number of aryl methyl sites for hydroxylation is 2. The second kappa shape index (κ2) is 7.38. The molecule has 0 saturated carbocycles. The van der Waals surface area contributed by atoms with E-state index in [2.05, 4.69) is 37.3 Å². The minimum atomic E-state index is 0.120. The predicted octanol–water partition coefficient (Wildman–Crippen LogP) is 3.34. The number of aromatic nitrogens is 2. The number of benzene rings is 1. The zero-order valence-electron chi connectivity index (χ0n) is 15.4. The fourth-order valence-corrected chi connectivity index (χ4v) is 3.66. The van der Waals surface area contributed by atoms with Gasteiger partial charge in [-0.3, -0.25) is 4.68 Å². The molecule has 3 atom stereocenters. The van der Waals surface area contributed by atoms with Gasteiger partial charge in [0.15, 0.2) is 0 Å². The first-order chi connectivity index (χ1) is 12.0. The Morgan fingerprint density at radius 3 is 2.68 bits per heavy atom. The number of nitriles is 1. The van der Waals surface area contributed by atoms with Crippen LogP contribution in [0.25, 0.3) is 0 Å². The molecule has 3 rings (SSSR count). The Balaban J connectivity index is 1.66. The molecular formula is C20H26N4O. The van der Waals surface area contributed by atoms with E-state index in [1.54, 1.807) is 0 Å². The smallest absolute Gasteiger partial charge is 0.0991 e. The van der Waals surface area contributed by atoms with E-state index < -0.39 is 0 Å². The molecule has 0 aliphatic carbocycles. The van der Waals surface area contributed by atoms with Crippen LogP contribution in [-0.4, -0.2) is 22.9 Å². The molecule has 1 saturated heterocycles. The minimum absolute atomic E-state index is 0.120. The highest BCUT2D eigenvalue weighted by Gasteiger charge is 2.33. The molecule has 0 amide bonds. The summed E-state index contributed by atoms with van der Waals surface area (Å²) in [6, 6.07) is 10.2. The van der Waals surface area contributed by atoms with Gasteiger partial charge in [-0.15, -0.1) is 0 Å². The third-order valence-corrected chi connectivity index (χ3v) is 5.29. The molecule has 0 radical (unpaired) electrons. The van der Waals surface area contributed by atoms with Gasteiger partial charge in [-0.2, -0.15) is 10.4 Å². The van der Waals surface area contributed by atoms with Gasteiger partial charge < -0.3 is 10.1 Å². The molecular weight excluding hydrogens is 312 g/mol. The lowest BCUT2D eigenvalue weighted by Gasteiger charge is -2.22. The van der Waals surface area contributed by atoms with Crippen molar-refractivity contribution < 1.29 is 4.74 Å². The van der Waals surface area contributed by atoms with Crippen LogP contribution in [0.3, 0.4) is 0 Å². The quantitative estimate of drug-likeness (QED) is 0.908. The van der Waals surface area contributed by atoms with Gasteiger partial charge in [0.25, 0.3) is 0 Å². The first-order valence-corrected chi connectivity index (χ1v) is 8.86. The van der Waals surface area contributed by atoms with Crippen molar-refractivity contribution in [3.05, 3.63) is 52.3 Å². The topological polar surface area (TPSA) is 62.9 Å². The summed E-state index contributed by atoms with van der Waals surface area (Å²) in [5.41, 5.74) is 5.40. The average Bonchev–Trinajstić information content (AvgIpc) is 3.16. The molecule has 2 heterocycles. The minimum Gasteiger partial charge on any atom is -0.373 e. The van der Waals surface area contributed by atoms with Gasteiger partial charge in [0.05, 0.1) is 23.4 Å². The van der Waals surface area contributed by atoms with Gasteiger partial charge in [0.2, 0.25) is 0 Å². The summed E-state index contributed by atoms with van der Waals surface area (Å²) >= 11 is 0. The van der Waals surface area contributed by atoms with Crippen LogP contribution >= 0.6 is 0 Å². The lowest BCUT2D eigenvalue weighted by molar-refractivity contribution is 0.0888. The third kappa shape index (κ3) is 3.60. The summed E-state index contributed by atoms with van der Waals surface area (Å²) in [4.78, 5) is 0. The SMILES string of the molecule is Cc1nn(C)c(C)c1[C@@H]1OCC[C@H]1CN[C@@H](C)c1ccc(C#N)cc1. The van der Waals surface area contributed by atoms with Gasteiger partial charge >= 0.3 is 0 Å². The maximum absolute atomic E-state index is 8.91. The van der Waals surface area contributed by atoms with Crippen LogP contribution in [-0.2, 0) is 11.8 Å². The molecule has 1 aliphatic heterocycles. The first kappa shape index (κ1) is 17.7. The molecule has 25 heavy (non-hydrogen) atoms. The molecule has 0 spiro atoms. The molecule has 0 unspecified atom stereocenters.